The third-order valence-electron chi connectivity index (χ3n) is 4.24. The Bertz CT molecular complexity index is 1140. The highest BCUT2D eigenvalue weighted by Gasteiger charge is 2.11. The molecule has 0 saturated carbocycles. The Morgan fingerprint density at radius 2 is 1.60 bits per heavy atom. The third-order valence-corrected chi connectivity index (χ3v) is 4.24. The summed E-state index contributed by atoms with van der Waals surface area (Å²) in [6, 6.07) is 20.6. The average molecular weight is 321 g/mol. The number of rotatable bonds is 2. The number of pyridine rings is 2. The molecule has 0 atom stereocenters. The predicted molar refractivity (Wildman–Crippen MR) is 102 cm³/mol. The van der Waals surface area contributed by atoms with Crippen LogP contribution in [0.25, 0.3) is 21.5 Å². The van der Waals surface area contributed by atoms with Gasteiger partial charge in [-0.05, 0) is 34.9 Å². The van der Waals surface area contributed by atoms with Crippen LogP contribution in [0.1, 0.15) is 11.4 Å². The molecule has 4 aromatic rings. The highest BCUT2D eigenvalue weighted by atomic mass is 14.9. The monoisotopic (exact) mass is 321 g/mol. The first-order valence-electron chi connectivity index (χ1n) is 8.25. The van der Waals surface area contributed by atoms with Gasteiger partial charge < -0.3 is 0 Å². The Hall–Kier alpha value is -3.44. The lowest BCUT2D eigenvalue weighted by Gasteiger charge is -2.01. The minimum atomic E-state index is 0.720. The van der Waals surface area contributed by atoms with E-state index >= 15 is 0 Å². The van der Waals surface area contributed by atoms with Gasteiger partial charge in [-0.1, -0.05) is 49.0 Å². The Labute approximate surface area is 147 Å². The van der Waals surface area contributed by atoms with Gasteiger partial charge in [-0.15, -0.1) is 0 Å². The molecule has 0 aliphatic heterocycles. The van der Waals surface area contributed by atoms with Gasteiger partial charge in [0, 0.05) is 23.6 Å². The second-order valence-corrected chi connectivity index (χ2v) is 5.82. The molecule has 2 aromatic heterocycles. The van der Waals surface area contributed by atoms with Crippen molar-refractivity contribution < 1.29 is 4.57 Å². The van der Waals surface area contributed by atoms with Crippen molar-refractivity contribution in [2.45, 2.75) is 6.54 Å². The molecule has 0 spiro atoms. The Kier molecular flexibility index (Phi) is 3.98. The van der Waals surface area contributed by atoms with Crippen LogP contribution in [0.15, 0.2) is 85.7 Å². The molecule has 0 fully saturated rings. The lowest BCUT2D eigenvalue weighted by Crippen LogP contribution is -2.36. The van der Waals surface area contributed by atoms with Crippen molar-refractivity contribution in [3.8, 4) is 11.8 Å². The van der Waals surface area contributed by atoms with Gasteiger partial charge in [0.1, 0.15) is 5.69 Å². The Morgan fingerprint density at radius 3 is 2.40 bits per heavy atom. The fourth-order valence-corrected chi connectivity index (χ4v) is 3.03. The zero-order valence-corrected chi connectivity index (χ0v) is 13.8. The van der Waals surface area contributed by atoms with E-state index in [0.717, 1.165) is 34.1 Å². The van der Waals surface area contributed by atoms with Crippen LogP contribution in [0.2, 0.25) is 0 Å². The lowest BCUT2D eigenvalue weighted by molar-refractivity contribution is -0.687. The molecule has 0 saturated heterocycles. The molecule has 4 rings (SSSR count). The van der Waals surface area contributed by atoms with Crippen molar-refractivity contribution in [2.75, 3.05) is 0 Å². The summed E-state index contributed by atoms with van der Waals surface area (Å²) in [7, 11) is 0. The highest BCUT2D eigenvalue weighted by Crippen LogP contribution is 2.17. The van der Waals surface area contributed by atoms with E-state index in [2.05, 4.69) is 64.5 Å². The van der Waals surface area contributed by atoms with Crippen molar-refractivity contribution in [1.29, 1.82) is 0 Å². The molecule has 25 heavy (non-hydrogen) atoms. The average Bonchev–Trinajstić information content (AvgIpc) is 2.67. The smallest absolute Gasteiger partial charge is 0.247 e. The quantitative estimate of drug-likeness (QED) is 0.306. The number of hydrogen-bond donors (Lipinski definition) is 0. The van der Waals surface area contributed by atoms with Crippen LogP contribution in [0.5, 0.6) is 0 Å². The second-order valence-electron chi connectivity index (χ2n) is 5.82. The van der Waals surface area contributed by atoms with Crippen LogP contribution in [0.4, 0.5) is 0 Å². The summed E-state index contributed by atoms with van der Waals surface area (Å²) in [4.78, 5) is 4.47. The number of benzene rings is 2. The number of nitrogens with zero attached hydrogens (tertiary/aromatic N) is 2. The van der Waals surface area contributed by atoms with Gasteiger partial charge in [0.05, 0.1) is 5.39 Å². The van der Waals surface area contributed by atoms with Crippen LogP contribution in [-0.2, 0) is 6.54 Å². The summed E-state index contributed by atoms with van der Waals surface area (Å²) < 4.78 is 2.12. The Balaban J connectivity index is 1.92. The van der Waals surface area contributed by atoms with Crippen molar-refractivity contribution >= 4 is 21.5 Å². The van der Waals surface area contributed by atoms with E-state index in [9.17, 15) is 0 Å². The molecule has 0 amide bonds. The van der Waals surface area contributed by atoms with E-state index in [1.54, 1.807) is 0 Å². The SMILES string of the molecule is C=CC[n+]1ccc2ccccc2c1C#Cc1nccc2ccccc12. The fraction of sp³-hybridized carbons (Fsp3) is 0.0435. The van der Waals surface area contributed by atoms with E-state index < -0.39 is 0 Å². The summed E-state index contributed by atoms with van der Waals surface area (Å²) in [5, 5.41) is 4.55. The van der Waals surface area contributed by atoms with Gasteiger partial charge in [0.15, 0.2) is 12.7 Å². The molecule has 0 aliphatic rings. The molecule has 2 nitrogen and oxygen atoms in total. The minimum Gasteiger partial charge on any atom is -0.247 e. The second kappa shape index (κ2) is 6.59. The molecule has 0 unspecified atom stereocenters. The van der Waals surface area contributed by atoms with Crippen molar-refractivity contribution in [1.82, 2.24) is 4.98 Å². The van der Waals surface area contributed by atoms with Gasteiger partial charge in [-0.2, -0.15) is 4.57 Å². The van der Waals surface area contributed by atoms with Crippen LogP contribution in [0.3, 0.4) is 0 Å². The summed E-state index contributed by atoms with van der Waals surface area (Å²) in [5.41, 5.74) is 1.78. The predicted octanol–water partition coefficient (Wildman–Crippen LogP) is 4.26. The van der Waals surface area contributed by atoms with E-state index in [4.69, 9.17) is 0 Å². The summed E-state index contributed by atoms with van der Waals surface area (Å²) in [6.45, 7) is 4.58. The number of fused-ring (bicyclic) bond motifs is 2. The van der Waals surface area contributed by atoms with Gasteiger partial charge in [0.25, 0.3) is 5.69 Å². The molecule has 0 aliphatic carbocycles. The Morgan fingerprint density at radius 1 is 0.880 bits per heavy atom. The highest BCUT2D eigenvalue weighted by molar-refractivity contribution is 5.88. The fourth-order valence-electron chi connectivity index (χ4n) is 3.03. The zero-order valence-electron chi connectivity index (χ0n) is 13.8. The molecule has 2 aromatic carbocycles. The maximum atomic E-state index is 4.47. The molecule has 0 radical (unpaired) electrons. The first-order valence-corrected chi connectivity index (χ1v) is 8.25. The topological polar surface area (TPSA) is 16.8 Å². The standard InChI is InChI=1S/C23H17N2/c1-2-16-25-17-14-19-8-4-6-10-21(19)23(25)12-11-22-20-9-5-3-7-18(20)13-15-24-22/h2-10,13-15,17H,1,16H2/q+1. The molecule has 0 bridgehead atoms. The zero-order chi connectivity index (χ0) is 17.1. The number of hydrogen-bond acceptors (Lipinski definition) is 1. The van der Waals surface area contributed by atoms with E-state index in [-0.39, 0.29) is 0 Å². The largest absolute Gasteiger partial charge is 0.265 e. The molecular weight excluding hydrogens is 304 g/mol. The van der Waals surface area contributed by atoms with Gasteiger partial charge >= 0.3 is 0 Å². The molecule has 0 N–H and O–H groups in total. The van der Waals surface area contributed by atoms with E-state index in [0.29, 0.717) is 0 Å². The van der Waals surface area contributed by atoms with E-state index in [1.165, 1.54) is 5.39 Å². The van der Waals surface area contributed by atoms with Gasteiger partial charge in [0.2, 0.25) is 0 Å². The van der Waals surface area contributed by atoms with Crippen LogP contribution >= 0.6 is 0 Å². The maximum Gasteiger partial charge on any atom is 0.265 e. The molecule has 118 valence electrons. The van der Waals surface area contributed by atoms with E-state index in [1.807, 2.05) is 42.6 Å². The number of allylic oxidation sites excluding steroid dienone is 1. The minimum absolute atomic E-state index is 0.720. The van der Waals surface area contributed by atoms with Crippen molar-refractivity contribution in [2.24, 2.45) is 0 Å². The lowest BCUT2D eigenvalue weighted by atomic mass is 10.1. The van der Waals surface area contributed by atoms with Gasteiger partial charge in [-0.25, -0.2) is 4.98 Å². The van der Waals surface area contributed by atoms with Gasteiger partial charge in [-0.3, -0.25) is 0 Å². The normalized spacial score (nSPS) is 10.4. The summed E-state index contributed by atoms with van der Waals surface area (Å²) in [6.07, 6.45) is 5.76. The molecular formula is C23H17N2+. The van der Waals surface area contributed by atoms with Crippen LogP contribution < -0.4 is 4.57 Å². The van der Waals surface area contributed by atoms with Crippen molar-refractivity contribution in [3.63, 3.8) is 0 Å². The van der Waals surface area contributed by atoms with Crippen molar-refractivity contribution in [3.05, 3.63) is 97.1 Å². The third kappa shape index (κ3) is 2.88. The first kappa shape index (κ1) is 15.1. The maximum absolute atomic E-state index is 4.47. The number of aromatic nitrogens is 2. The van der Waals surface area contributed by atoms with Crippen LogP contribution in [-0.4, -0.2) is 4.98 Å². The summed E-state index contributed by atoms with van der Waals surface area (Å²) >= 11 is 0. The summed E-state index contributed by atoms with van der Waals surface area (Å²) in [5.74, 6) is 6.63. The first-order chi connectivity index (χ1) is 12.4. The molecule has 2 heterocycles. The molecule has 2 heteroatoms. The van der Waals surface area contributed by atoms with Crippen LogP contribution in [0, 0.1) is 11.8 Å².